The van der Waals surface area contributed by atoms with Crippen LogP contribution in [0.25, 0.3) is 0 Å². The van der Waals surface area contributed by atoms with Crippen molar-refractivity contribution in [3.63, 3.8) is 0 Å². The van der Waals surface area contributed by atoms with E-state index >= 15 is 0 Å². The van der Waals surface area contributed by atoms with Gasteiger partial charge in [-0.1, -0.05) is 17.7 Å². The second kappa shape index (κ2) is 6.72. The van der Waals surface area contributed by atoms with Crippen molar-refractivity contribution in [1.82, 2.24) is 14.8 Å². The van der Waals surface area contributed by atoms with E-state index < -0.39 is 6.10 Å². The quantitative estimate of drug-likeness (QED) is 0.888. The van der Waals surface area contributed by atoms with E-state index in [4.69, 9.17) is 16.3 Å². The number of aromatic nitrogens is 3. The minimum atomic E-state index is -0.663. The molecule has 2 atom stereocenters. The predicted octanol–water partition coefficient (Wildman–Crippen LogP) is 2.32. The molecule has 20 heavy (non-hydrogen) atoms. The first-order valence-corrected chi connectivity index (χ1v) is 6.95. The van der Waals surface area contributed by atoms with Gasteiger partial charge in [-0.3, -0.25) is 4.68 Å². The molecule has 0 spiro atoms. The fourth-order valence-electron chi connectivity index (χ4n) is 1.90. The topological polar surface area (TPSA) is 60.2 Å². The zero-order chi connectivity index (χ0) is 14.5. The molecule has 0 aliphatic carbocycles. The fourth-order valence-corrected chi connectivity index (χ4v) is 2.08. The third-order valence-corrected chi connectivity index (χ3v) is 3.28. The molecule has 1 aromatic heterocycles. The maximum absolute atomic E-state index is 10.2. The van der Waals surface area contributed by atoms with Crippen molar-refractivity contribution in [2.75, 3.05) is 0 Å². The summed E-state index contributed by atoms with van der Waals surface area (Å²) < 4.78 is 7.45. The van der Waals surface area contributed by atoms with Crippen LogP contribution in [-0.4, -0.2) is 32.1 Å². The first-order valence-electron chi connectivity index (χ1n) is 6.57. The van der Waals surface area contributed by atoms with Crippen LogP contribution in [-0.2, 0) is 13.0 Å². The molecule has 0 saturated carbocycles. The van der Waals surface area contributed by atoms with Gasteiger partial charge in [0.1, 0.15) is 24.0 Å². The summed E-state index contributed by atoms with van der Waals surface area (Å²) in [4.78, 5) is 4.15. The number of hydrogen-bond acceptors (Lipinski definition) is 4. The van der Waals surface area contributed by atoms with Gasteiger partial charge in [-0.05, 0) is 32.0 Å². The largest absolute Gasteiger partial charge is 0.488 e. The zero-order valence-corrected chi connectivity index (χ0v) is 12.3. The van der Waals surface area contributed by atoms with Crippen LogP contribution in [0.3, 0.4) is 0 Å². The lowest BCUT2D eigenvalue weighted by molar-refractivity contribution is 0.0458. The number of aliphatic hydroxyl groups excluding tert-OH is 1. The Labute approximate surface area is 123 Å². The van der Waals surface area contributed by atoms with Gasteiger partial charge in [-0.25, -0.2) is 4.98 Å². The summed E-state index contributed by atoms with van der Waals surface area (Å²) in [6.07, 6.45) is 0.864. The Kier molecular flexibility index (Phi) is 4.98. The molecule has 2 rings (SSSR count). The standard InChI is InChI=1S/C14H18ClN3O2/c1-3-18-14(16-9-17-18)8-13(19)10(2)20-12-6-4-5-11(15)7-12/h4-7,9-10,13,19H,3,8H2,1-2H3. The summed E-state index contributed by atoms with van der Waals surface area (Å²) in [5.41, 5.74) is 0. The van der Waals surface area contributed by atoms with Gasteiger partial charge in [0.2, 0.25) is 0 Å². The summed E-state index contributed by atoms with van der Waals surface area (Å²) >= 11 is 5.90. The van der Waals surface area contributed by atoms with Crippen LogP contribution in [0.4, 0.5) is 0 Å². The van der Waals surface area contributed by atoms with Crippen LogP contribution in [0.2, 0.25) is 5.02 Å². The highest BCUT2D eigenvalue weighted by Gasteiger charge is 2.19. The van der Waals surface area contributed by atoms with Gasteiger partial charge >= 0.3 is 0 Å². The summed E-state index contributed by atoms with van der Waals surface area (Å²) in [6.45, 7) is 4.53. The molecule has 0 radical (unpaired) electrons. The van der Waals surface area contributed by atoms with Crippen molar-refractivity contribution in [3.05, 3.63) is 41.4 Å². The van der Waals surface area contributed by atoms with E-state index in [1.807, 2.05) is 26.0 Å². The third-order valence-electron chi connectivity index (χ3n) is 3.05. The lowest BCUT2D eigenvalue weighted by atomic mass is 10.1. The molecule has 1 N–H and O–H groups in total. The van der Waals surface area contributed by atoms with Crippen molar-refractivity contribution in [3.8, 4) is 5.75 Å². The molecule has 2 unspecified atom stereocenters. The Bertz CT molecular complexity index is 559. The van der Waals surface area contributed by atoms with Crippen LogP contribution in [0, 0.1) is 0 Å². The van der Waals surface area contributed by atoms with E-state index in [9.17, 15) is 5.11 Å². The van der Waals surface area contributed by atoms with E-state index in [2.05, 4.69) is 10.1 Å². The molecule has 2 aromatic rings. The van der Waals surface area contributed by atoms with E-state index in [1.165, 1.54) is 6.33 Å². The van der Waals surface area contributed by atoms with Gasteiger partial charge in [0, 0.05) is 18.0 Å². The minimum Gasteiger partial charge on any atom is -0.488 e. The maximum Gasteiger partial charge on any atom is 0.138 e. The van der Waals surface area contributed by atoms with E-state index in [-0.39, 0.29) is 6.10 Å². The van der Waals surface area contributed by atoms with E-state index in [1.54, 1.807) is 16.8 Å². The third kappa shape index (κ3) is 3.71. The molecule has 0 aliphatic heterocycles. The van der Waals surface area contributed by atoms with Crippen LogP contribution in [0.5, 0.6) is 5.75 Å². The van der Waals surface area contributed by atoms with Crippen LogP contribution >= 0.6 is 11.6 Å². The molecule has 1 heterocycles. The number of benzene rings is 1. The molecule has 0 saturated heterocycles. The lowest BCUT2D eigenvalue weighted by Gasteiger charge is -2.20. The van der Waals surface area contributed by atoms with Gasteiger partial charge in [0.15, 0.2) is 0 Å². The summed E-state index contributed by atoms with van der Waals surface area (Å²) in [6, 6.07) is 7.12. The van der Waals surface area contributed by atoms with Crippen molar-refractivity contribution in [1.29, 1.82) is 0 Å². The van der Waals surface area contributed by atoms with Crippen LogP contribution < -0.4 is 4.74 Å². The number of halogens is 1. The molecule has 5 nitrogen and oxygen atoms in total. The molecule has 0 aliphatic rings. The molecule has 108 valence electrons. The molecular formula is C14H18ClN3O2. The Morgan fingerprint density at radius 1 is 1.45 bits per heavy atom. The highest BCUT2D eigenvalue weighted by Crippen LogP contribution is 2.19. The summed E-state index contributed by atoms with van der Waals surface area (Å²) in [5, 5.41) is 14.9. The molecule has 6 heteroatoms. The normalized spacial score (nSPS) is 14.0. The van der Waals surface area contributed by atoms with Gasteiger partial charge in [0.05, 0.1) is 6.10 Å². The smallest absolute Gasteiger partial charge is 0.138 e. The second-order valence-corrected chi connectivity index (χ2v) is 4.98. The first-order chi connectivity index (χ1) is 9.60. The number of rotatable bonds is 6. The van der Waals surface area contributed by atoms with Crippen LogP contribution in [0.15, 0.2) is 30.6 Å². The summed E-state index contributed by atoms with van der Waals surface area (Å²) in [7, 11) is 0. The highest BCUT2D eigenvalue weighted by atomic mass is 35.5. The maximum atomic E-state index is 10.2. The lowest BCUT2D eigenvalue weighted by Crippen LogP contribution is -2.31. The Balaban J connectivity index is 1.97. The Morgan fingerprint density at radius 2 is 2.25 bits per heavy atom. The number of nitrogens with zero attached hydrogens (tertiary/aromatic N) is 3. The molecular weight excluding hydrogens is 278 g/mol. The molecule has 0 fully saturated rings. The van der Waals surface area contributed by atoms with Gasteiger partial charge in [-0.2, -0.15) is 5.10 Å². The average molecular weight is 296 g/mol. The van der Waals surface area contributed by atoms with E-state index in [0.717, 1.165) is 12.4 Å². The monoisotopic (exact) mass is 295 g/mol. The van der Waals surface area contributed by atoms with Crippen molar-refractivity contribution in [2.24, 2.45) is 0 Å². The number of aliphatic hydroxyl groups is 1. The highest BCUT2D eigenvalue weighted by molar-refractivity contribution is 6.30. The fraction of sp³-hybridized carbons (Fsp3) is 0.429. The van der Waals surface area contributed by atoms with Crippen LogP contribution in [0.1, 0.15) is 19.7 Å². The Morgan fingerprint density at radius 3 is 2.95 bits per heavy atom. The van der Waals surface area contributed by atoms with Crippen molar-refractivity contribution in [2.45, 2.75) is 39.0 Å². The SMILES string of the molecule is CCn1ncnc1CC(O)C(C)Oc1cccc(Cl)c1. The zero-order valence-electron chi connectivity index (χ0n) is 11.5. The predicted molar refractivity (Wildman–Crippen MR) is 76.9 cm³/mol. The number of hydrogen-bond donors (Lipinski definition) is 1. The Hall–Kier alpha value is -1.59. The molecule has 1 aromatic carbocycles. The van der Waals surface area contributed by atoms with Gasteiger partial charge in [0.25, 0.3) is 0 Å². The molecule has 0 amide bonds. The summed E-state index contributed by atoms with van der Waals surface area (Å²) in [5.74, 6) is 1.39. The number of ether oxygens (including phenoxy) is 1. The van der Waals surface area contributed by atoms with Crippen molar-refractivity contribution < 1.29 is 9.84 Å². The van der Waals surface area contributed by atoms with Gasteiger partial charge < -0.3 is 9.84 Å². The second-order valence-electron chi connectivity index (χ2n) is 4.54. The number of aryl methyl sites for hydroxylation is 1. The van der Waals surface area contributed by atoms with Gasteiger partial charge in [-0.15, -0.1) is 0 Å². The van der Waals surface area contributed by atoms with Crippen molar-refractivity contribution >= 4 is 11.6 Å². The average Bonchev–Trinajstić information content (AvgIpc) is 2.85. The first kappa shape index (κ1) is 14.8. The van der Waals surface area contributed by atoms with E-state index in [0.29, 0.717) is 17.2 Å². The molecule has 0 bridgehead atoms. The minimum absolute atomic E-state index is 0.365.